The molecule has 1 aromatic carbocycles. The Bertz CT molecular complexity index is 866. The van der Waals surface area contributed by atoms with E-state index in [4.69, 9.17) is 10.00 Å². The number of hydrogen-bond acceptors (Lipinski definition) is 6. The van der Waals surface area contributed by atoms with Crippen molar-refractivity contribution < 1.29 is 13.9 Å². The SMILES string of the molecule is N#CCOC(=O)c1nc(-c2cccs2)n(-c2ccc(F)cc2)n1. The molecule has 8 heteroatoms. The van der Waals surface area contributed by atoms with Crippen LogP contribution in [0.4, 0.5) is 4.39 Å². The quantitative estimate of drug-likeness (QED) is 0.688. The minimum Gasteiger partial charge on any atom is -0.444 e. The number of carbonyl (C=O) groups is 1. The minimum absolute atomic E-state index is 0.159. The van der Waals surface area contributed by atoms with Crippen LogP contribution in [0.3, 0.4) is 0 Å². The van der Waals surface area contributed by atoms with E-state index >= 15 is 0 Å². The Hall–Kier alpha value is -3.05. The number of benzene rings is 1. The summed E-state index contributed by atoms with van der Waals surface area (Å²) in [6, 6.07) is 11.0. The average molecular weight is 328 g/mol. The van der Waals surface area contributed by atoms with Crippen molar-refractivity contribution in [3.63, 3.8) is 0 Å². The smallest absolute Gasteiger partial charge is 0.379 e. The molecule has 0 bridgehead atoms. The van der Waals surface area contributed by atoms with Crippen molar-refractivity contribution in [3.05, 3.63) is 53.4 Å². The Morgan fingerprint density at radius 2 is 2.13 bits per heavy atom. The highest BCUT2D eigenvalue weighted by atomic mass is 32.1. The lowest BCUT2D eigenvalue weighted by molar-refractivity contribution is 0.0541. The molecule has 0 aliphatic heterocycles. The van der Waals surface area contributed by atoms with Crippen molar-refractivity contribution in [2.45, 2.75) is 0 Å². The van der Waals surface area contributed by atoms with Crippen LogP contribution in [0.1, 0.15) is 10.6 Å². The fourth-order valence-corrected chi connectivity index (χ4v) is 2.59. The summed E-state index contributed by atoms with van der Waals surface area (Å²) in [5.41, 5.74) is 0.557. The number of carbonyl (C=O) groups excluding carboxylic acids is 1. The standard InChI is InChI=1S/C15H9FN4O2S/c16-10-3-5-11(6-4-10)20-14(12-2-1-9-23-12)18-13(19-20)15(21)22-8-7-17/h1-6,9H,8H2. The van der Waals surface area contributed by atoms with Crippen LogP contribution in [0, 0.1) is 17.1 Å². The molecule has 0 spiro atoms. The molecule has 0 aliphatic carbocycles. The highest BCUT2D eigenvalue weighted by Gasteiger charge is 2.20. The molecule has 2 heterocycles. The van der Waals surface area contributed by atoms with Gasteiger partial charge in [0, 0.05) is 0 Å². The first-order valence-electron chi connectivity index (χ1n) is 6.50. The van der Waals surface area contributed by atoms with Gasteiger partial charge in [-0.2, -0.15) is 10.2 Å². The Morgan fingerprint density at radius 3 is 2.78 bits per heavy atom. The van der Waals surface area contributed by atoms with Gasteiger partial charge in [-0.3, -0.25) is 0 Å². The van der Waals surface area contributed by atoms with Crippen LogP contribution in [0.25, 0.3) is 16.4 Å². The molecular formula is C15H9FN4O2S. The normalized spacial score (nSPS) is 10.3. The van der Waals surface area contributed by atoms with Gasteiger partial charge < -0.3 is 4.74 Å². The van der Waals surface area contributed by atoms with Gasteiger partial charge in [-0.15, -0.1) is 16.4 Å². The van der Waals surface area contributed by atoms with Crippen molar-refractivity contribution in [1.29, 1.82) is 5.26 Å². The summed E-state index contributed by atoms with van der Waals surface area (Å²) in [6.07, 6.45) is 0. The third-order valence-electron chi connectivity index (χ3n) is 2.87. The molecule has 0 fully saturated rings. The Kier molecular flexibility index (Phi) is 4.12. The number of nitriles is 1. The number of nitrogens with zero attached hydrogens (tertiary/aromatic N) is 4. The molecule has 6 nitrogen and oxygen atoms in total. The monoisotopic (exact) mass is 328 g/mol. The molecular weight excluding hydrogens is 319 g/mol. The zero-order valence-corrected chi connectivity index (χ0v) is 12.5. The Labute approximate surface area is 134 Å². The van der Waals surface area contributed by atoms with Crippen molar-refractivity contribution in [2.75, 3.05) is 6.61 Å². The summed E-state index contributed by atoms with van der Waals surface area (Å²) in [5, 5.41) is 14.5. The topological polar surface area (TPSA) is 80.8 Å². The minimum atomic E-state index is -0.787. The summed E-state index contributed by atoms with van der Waals surface area (Å²) < 4.78 is 19.3. The molecule has 0 saturated carbocycles. The summed E-state index contributed by atoms with van der Waals surface area (Å²) in [6.45, 7) is -0.377. The van der Waals surface area contributed by atoms with E-state index in [1.807, 2.05) is 17.5 Å². The molecule has 2 aromatic heterocycles. The van der Waals surface area contributed by atoms with E-state index in [0.29, 0.717) is 11.5 Å². The molecule has 0 aliphatic rings. The van der Waals surface area contributed by atoms with Gasteiger partial charge in [0.05, 0.1) is 10.6 Å². The summed E-state index contributed by atoms with van der Waals surface area (Å²) in [4.78, 5) is 16.8. The first-order chi connectivity index (χ1) is 11.2. The van der Waals surface area contributed by atoms with Crippen LogP contribution in [-0.4, -0.2) is 27.3 Å². The van der Waals surface area contributed by atoms with Crippen molar-refractivity contribution in [1.82, 2.24) is 14.8 Å². The van der Waals surface area contributed by atoms with Crippen LogP contribution in [0.2, 0.25) is 0 Å². The number of esters is 1. The number of halogens is 1. The number of ether oxygens (including phenoxy) is 1. The molecule has 0 amide bonds. The second kappa shape index (κ2) is 6.37. The Balaban J connectivity index is 2.06. The maximum absolute atomic E-state index is 13.1. The van der Waals surface area contributed by atoms with E-state index in [-0.39, 0.29) is 18.2 Å². The first-order valence-corrected chi connectivity index (χ1v) is 7.38. The molecule has 0 radical (unpaired) electrons. The molecule has 114 valence electrons. The fourth-order valence-electron chi connectivity index (χ4n) is 1.89. The van der Waals surface area contributed by atoms with Gasteiger partial charge in [0.1, 0.15) is 11.9 Å². The van der Waals surface area contributed by atoms with Crippen LogP contribution >= 0.6 is 11.3 Å². The third-order valence-corrected chi connectivity index (χ3v) is 3.74. The number of hydrogen-bond donors (Lipinski definition) is 0. The van der Waals surface area contributed by atoms with Crippen LogP contribution < -0.4 is 0 Å². The second-order valence-corrected chi connectivity index (χ2v) is 5.31. The summed E-state index contributed by atoms with van der Waals surface area (Å²) in [7, 11) is 0. The molecule has 23 heavy (non-hydrogen) atoms. The highest BCUT2D eigenvalue weighted by molar-refractivity contribution is 7.13. The maximum Gasteiger partial charge on any atom is 0.379 e. The van der Waals surface area contributed by atoms with Crippen molar-refractivity contribution in [3.8, 4) is 22.5 Å². The largest absolute Gasteiger partial charge is 0.444 e. The van der Waals surface area contributed by atoms with Gasteiger partial charge in [-0.1, -0.05) is 6.07 Å². The highest BCUT2D eigenvalue weighted by Crippen LogP contribution is 2.25. The van der Waals surface area contributed by atoms with Crippen LogP contribution in [-0.2, 0) is 4.74 Å². The lowest BCUT2D eigenvalue weighted by Crippen LogP contribution is -2.08. The maximum atomic E-state index is 13.1. The number of aromatic nitrogens is 3. The van der Waals surface area contributed by atoms with E-state index in [2.05, 4.69) is 10.1 Å². The zero-order chi connectivity index (χ0) is 16.2. The lowest BCUT2D eigenvalue weighted by Gasteiger charge is -2.03. The first kappa shape index (κ1) is 14.9. The van der Waals surface area contributed by atoms with E-state index in [1.54, 1.807) is 6.07 Å². The molecule has 3 aromatic rings. The molecule has 0 N–H and O–H groups in total. The van der Waals surface area contributed by atoms with Crippen LogP contribution in [0.5, 0.6) is 0 Å². The Morgan fingerprint density at radius 1 is 1.35 bits per heavy atom. The molecule has 3 rings (SSSR count). The number of thiophene rings is 1. The van der Waals surface area contributed by atoms with Gasteiger partial charge in [0.25, 0.3) is 5.82 Å². The predicted octanol–water partition coefficient (Wildman–Crippen LogP) is 2.82. The van der Waals surface area contributed by atoms with Gasteiger partial charge in [0.2, 0.25) is 0 Å². The van der Waals surface area contributed by atoms with Crippen molar-refractivity contribution in [2.24, 2.45) is 0 Å². The number of rotatable bonds is 4. The van der Waals surface area contributed by atoms with Crippen LogP contribution in [0.15, 0.2) is 41.8 Å². The van der Waals surface area contributed by atoms with Gasteiger partial charge in [0.15, 0.2) is 12.4 Å². The van der Waals surface area contributed by atoms with E-state index < -0.39 is 5.97 Å². The lowest BCUT2D eigenvalue weighted by atomic mass is 10.3. The van der Waals surface area contributed by atoms with Crippen molar-refractivity contribution >= 4 is 17.3 Å². The van der Waals surface area contributed by atoms with E-state index in [1.165, 1.54) is 40.3 Å². The molecule has 0 unspecified atom stereocenters. The van der Waals surface area contributed by atoms with Gasteiger partial charge in [-0.25, -0.2) is 13.9 Å². The predicted molar refractivity (Wildman–Crippen MR) is 80.5 cm³/mol. The average Bonchev–Trinajstić information content (AvgIpc) is 3.22. The molecule has 0 atom stereocenters. The zero-order valence-electron chi connectivity index (χ0n) is 11.6. The van der Waals surface area contributed by atoms with Gasteiger partial charge >= 0.3 is 5.97 Å². The molecule has 0 saturated heterocycles. The fraction of sp³-hybridized carbons (Fsp3) is 0.0667. The second-order valence-electron chi connectivity index (χ2n) is 4.36. The van der Waals surface area contributed by atoms with E-state index in [0.717, 1.165) is 4.88 Å². The van der Waals surface area contributed by atoms with E-state index in [9.17, 15) is 9.18 Å². The summed E-state index contributed by atoms with van der Waals surface area (Å²) in [5.74, 6) is -0.881. The summed E-state index contributed by atoms with van der Waals surface area (Å²) >= 11 is 1.43. The van der Waals surface area contributed by atoms with Gasteiger partial charge in [-0.05, 0) is 35.7 Å². The third kappa shape index (κ3) is 3.09.